The Kier molecular flexibility index (Phi) is 4.61. The predicted molar refractivity (Wildman–Crippen MR) is 168 cm³/mol. The van der Waals surface area contributed by atoms with Gasteiger partial charge in [-0.25, -0.2) is 9.97 Å². The van der Waals surface area contributed by atoms with Gasteiger partial charge < -0.3 is 4.42 Å². The van der Waals surface area contributed by atoms with E-state index >= 15 is 0 Å². The molecule has 0 fully saturated rings. The molecule has 0 saturated heterocycles. The van der Waals surface area contributed by atoms with E-state index in [1.54, 1.807) is 0 Å². The molecule has 0 aliphatic heterocycles. The van der Waals surface area contributed by atoms with Gasteiger partial charge in [0.25, 0.3) is 0 Å². The first-order valence-corrected chi connectivity index (χ1v) is 13.8. The Balaban J connectivity index is 1.26. The Morgan fingerprint density at radius 2 is 1.07 bits per heavy atom. The van der Waals surface area contributed by atoms with E-state index in [-0.39, 0.29) is 0 Å². The summed E-state index contributed by atoms with van der Waals surface area (Å²) in [5.74, 6) is 0.718. The molecule has 3 heteroatoms. The third kappa shape index (κ3) is 3.33. The maximum absolute atomic E-state index is 6.32. The van der Waals surface area contributed by atoms with Gasteiger partial charge in [0.05, 0.1) is 11.4 Å². The lowest BCUT2D eigenvalue weighted by atomic mass is 9.98. The summed E-state index contributed by atoms with van der Waals surface area (Å²) in [5, 5.41) is 4.84. The zero-order chi connectivity index (χ0) is 26.9. The van der Waals surface area contributed by atoms with Gasteiger partial charge in [-0.3, -0.25) is 0 Å². The summed E-state index contributed by atoms with van der Waals surface area (Å²) >= 11 is 0. The topological polar surface area (TPSA) is 38.9 Å². The van der Waals surface area contributed by atoms with Gasteiger partial charge in [-0.2, -0.15) is 0 Å². The molecule has 0 atom stereocenters. The van der Waals surface area contributed by atoms with Crippen LogP contribution in [0.4, 0.5) is 0 Å². The lowest BCUT2D eigenvalue weighted by Gasteiger charge is -2.11. The van der Waals surface area contributed by atoms with Crippen LogP contribution in [0.25, 0.3) is 88.9 Å². The van der Waals surface area contributed by atoms with E-state index in [0.29, 0.717) is 0 Å². The van der Waals surface area contributed by atoms with Crippen LogP contribution in [0.3, 0.4) is 0 Å². The van der Waals surface area contributed by atoms with E-state index in [4.69, 9.17) is 14.4 Å². The Bertz CT molecular complexity index is 2240. The lowest BCUT2D eigenvalue weighted by molar-refractivity contribution is 0.669. The number of hydrogen-bond acceptors (Lipinski definition) is 3. The minimum Gasteiger partial charge on any atom is -0.456 e. The van der Waals surface area contributed by atoms with E-state index in [2.05, 4.69) is 84.9 Å². The molecule has 0 saturated carbocycles. The number of furan rings is 1. The number of fused-ring (bicyclic) bond motifs is 7. The van der Waals surface area contributed by atoms with Crippen molar-refractivity contribution in [3.63, 3.8) is 0 Å². The SMILES string of the molecule is c1ccc(-c2cc(-c3ccccc3)nc(-c3ccc4c(c3)-c3cccc5c3c-4cc3oc4ccccc4c35)n2)cc1. The Morgan fingerprint density at radius 1 is 0.390 bits per heavy atom. The van der Waals surface area contributed by atoms with Crippen molar-refractivity contribution >= 4 is 32.7 Å². The molecule has 2 aromatic heterocycles. The summed E-state index contributed by atoms with van der Waals surface area (Å²) in [5.41, 5.74) is 11.7. The van der Waals surface area contributed by atoms with Crippen LogP contribution in [0, 0.1) is 0 Å². The second kappa shape index (κ2) is 8.48. The highest BCUT2D eigenvalue weighted by Gasteiger charge is 2.25. The average molecular weight is 523 g/mol. The minimum absolute atomic E-state index is 0.718. The zero-order valence-electron chi connectivity index (χ0n) is 22.0. The Hall–Kier alpha value is -5.54. The van der Waals surface area contributed by atoms with E-state index in [1.807, 2.05) is 48.5 Å². The van der Waals surface area contributed by atoms with Crippen molar-refractivity contribution in [2.24, 2.45) is 0 Å². The summed E-state index contributed by atoms with van der Waals surface area (Å²) in [7, 11) is 0. The fourth-order valence-electron chi connectivity index (χ4n) is 6.37. The van der Waals surface area contributed by atoms with Crippen LogP contribution in [0.2, 0.25) is 0 Å². The van der Waals surface area contributed by atoms with Crippen molar-refractivity contribution in [2.45, 2.75) is 0 Å². The highest BCUT2D eigenvalue weighted by Crippen LogP contribution is 2.51. The van der Waals surface area contributed by atoms with Gasteiger partial charge in [0.2, 0.25) is 0 Å². The third-order valence-corrected chi connectivity index (χ3v) is 8.22. The first-order valence-electron chi connectivity index (χ1n) is 13.8. The number of aromatic nitrogens is 2. The molecule has 0 radical (unpaired) electrons. The number of hydrogen-bond donors (Lipinski definition) is 0. The normalized spacial score (nSPS) is 11.9. The van der Waals surface area contributed by atoms with Gasteiger partial charge in [0.15, 0.2) is 5.82 Å². The van der Waals surface area contributed by atoms with Crippen LogP contribution in [0.15, 0.2) is 138 Å². The van der Waals surface area contributed by atoms with Crippen LogP contribution in [-0.2, 0) is 0 Å². The lowest BCUT2D eigenvalue weighted by Crippen LogP contribution is -1.96. The Labute approximate surface area is 236 Å². The van der Waals surface area contributed by atoms with Crippen molar-refractivity contribution in [1.29, 1.82) is 0 Å². The van der Waals surface area contributed by atoms with E-state index in [9.17, 15) is 0 Å². The van der Waals surface area contributed by atoms with Crippen molar-refractivity contribution in [3.8, 4) is 56.2 Å². The largest absolute Gasteiger partial charge is 0.456 e. The molecule has 1 aliphatic carbocycles. The predicted octanol–water partition coefficient (Wildman–Crippen LogP) is 10.2. The van der Waals surface area contributed by atoms with Gasteiger partial charge in [-0.1, -0.05) is 109 Å². The highest BCUT2D eigenvalue weighted by atomic mass is 16.3. The molecule has 0 amide bonds. The van der Waals surface area contributed by atoms with Gasteiger partial charge in [0, 0.05) is 27.5 Å². The van der Waals surface area contributed by atoms with Gasteiger partial charge in [-0.15, -0.1) is 0 Å². The fraction of sp³-hybridized carbons (Fsp3) is 0. The van der Waals surface area contributed by atoms with Crippen LogP contribution < -0.4 is 0 Å². The second-order valence-corrected chi connectivity index (χ2v) is 10.6. The summed E-state index contributed by atoms with van der Waals surface area (Å²) in [6.45, 7) is 0. The van der Waals surface area contributed by atoms with Crippen molar-refractivity contribution < 1.29 is 4.42 Å². The first-order chi connectivity index (χ1) is 20.3. The third-order valence-electron chi connectivity index (χ3n) is 8.22. The maximum atomic E-state index is 6.32. The molecule has 6 aromatic carbocycles. The monoisotopic (exact) mass is 522 g/mol. The average Bonchev–Trinajstić information content (AvgIpc) is 3.58. The van der Waals surface area contributed by atoms with E-state index in [0.717, 1.165) is 50.5 Å². The van der Waals surface area contributed by atoms with Gasteiger partial charge in [0.1, 0.15) is 11.2 Å². The molecule has 8 aromatic rings. The van der Waals surface area contributed by atoms with Gasteiger partial charge in [-0.05, 0) is 57.3 Å². The Morgan fingerprint density at radius 3 is 1.83 bits per heavy atom. The van der Waals surface area contributed by atoms with Crippen LogP contribution in [-0.4, -0.2) is 9.97 Å². The molecule has 9 rings (SSSR count). The zero-order valence-corrected chi connectivity index (χ0v) is 22.0. The fourth-order valence-corrected chi connectivity index (χ4v) is 6.37. The molecule has 41 heavy (non-hydrogen) atoms. The second-order valence-electron chi connectivity index (χ2n) is 10.6. The molecule has 0 N–H and O–H groups in total. The van der Waals surface area contributed by atoms with Gasteiger partial charge >= 0.3 is 0 Å². The van der Waals surface area contributed by atoms with E-state index in [1.165, 1.54) is 38.4 Å². The summed E-state index contributed by atoms with van der Waals surface area (Å²) < 4.78 is 6.32. The smallest absolute Gasteiger partial charge is 0.160 e. The quantitative estimate of drug-likeness (QED) is 0.232. The van der Waals surface area contributed by atoms with Crippen LogP contribution in [0.1, 0.15) is 0 Å². The van der Waals surface area contributed by atoms with Crippen molar-refractivity contribution in [1.82, 2.24) is 9.97 Å². The minimum atomic E-state index is 0.718. The van der Waals surface area contributed by atoms with Crippen molar-refractivity contribution in [2.75, 3.05) is 0 Å². The number of benzene rings is 6. The number of para-hydroxylation sites is 1. The standard InChI is InChI=1S/C38H22N2O/c1-3-10-23(11-4-1)32-22-33(24-12-5-2-6-13-24)40-38(39-32)25-18-19-26-30(20-25)27-15-9-16-29-36(27)31(26)21-35-37(29)28-14-7-8-17-34(28)41-35/h1-22H. The molecule has 190 valence electrons. The number of nitrogens with zero attached hydrogens (tertiary/aromatic N) is 2. The maximum Gasteiger partial charge on any atom is 0.160 e. The molecule has 0 unspecified atom stereocenters. The highest BCUT2D eigenvalue weighted by molar-refractivity contribution is 6.28. The summed E-state index contributed by atoms with van der Waals surface area (Å²) in [4.78, 5) is 10.1. The molecule has 0 bridgehead atoms. The molecule has 1 aliphatic rings. The molecule has 3 nitrogen and oxygen atoms in total. The first kappa shape index (κ1) is 22.3. The summed E-state index contributed by atoms with van der Waals surface area (Å²) in [6, 6.07) is 46.5. The van der Waals surface area contributed by atoms with Crippen LogP contribution >= 0.6 is 0 Å². The molecular formula is C38H22N2O. The molecule has 2 heterocycles. The van der Waals surface area contributed by atoms with Crippen molar-refractivity contribution in [3.05, 3.63) is 133 Å². The number of rotatable bonds is 3. The van der Waals surface area contributed by atoms with E-state index < -0.39 is 0 Å². The molecule has 0 spiro atoms. The van der Waals surface area contributed by atoms with Crippen LogP contribution in [0.5, 0.6) is 0 Å². The molecular weight excluding hydrogens is 500 g/mol. The summed E-state index contributed by atoms with van der Waals surface area (Å²) in [6.07, 6.45) is 0.